The number of rotatable bonds is 9. The van der Waals surface area contributed by atoms with Crippen LogP contribution in [-0.2, 0) is 21.5 Å². The Morgan fingerprint density at radius 2 is 1.82 bits per heavy atom. The van der Waals surface area contributed by atoms with Gasteiger partial charge in [-0.15, -0.1) is 0 Å². The monoisotopic (exact) mass is 739 g/mol. The highest BCUT2D eigenvalue weighted by Crippen LogP contribution is 2.48. The largest absolute Gasteiger partial charge is 0.361 e. The lowest BCUT2D eigenvalue weighted by atomic mass is 9.78. The van der Waals surface area contributed by atoms with Gasteiger partial charge in [0.2, 0.25) is 11.8 Å². The summed E-state index contributed by atoms with van der Waals surface area (Å²) in [6.07, 6.45) is 5.86. The average molecular weight is 740 g/mol. The number of nitrogens with zero attached hydrogens (tertiary/aromatic N) is 6. The fraction of sp³-hybridized carbons (Fsp3) is 0.395. The van der Waals surface area contributed by atoms with Crippen LogP contribution >= 0.6 is 0 Å². The van der Waals surface area contributed by atoms with E-state index in [-0.39, 0.29) is 54.3 Å². The third-order valence-electron chi connectivity index (χ3n) is 12.4. The van der Waals surface area contributed by atoms with Gasteiger partial charge in [0.15, 0.2) is 0 Å². The first kappa shape index (κ1) is 35.1. The highest BCUT2D eigenvalue weighted by atomic mass is 19.1. The number of likely N-dealkylation sites (tertiary alicyclic amines) is 1. The summed E-state index contributed by atoms with van der Waals surface area (Å²) in [7, 11) is 0. The minimum atomic E-state index is -0.750. The number of aliphatic imine (C=N–C) groups is 1. The summed E-state index contributed by atoms with van der Waals surface area (Å²) in [6.45, 7) is 7.95. The van der Waals surface area contributed by atoms with E-state index in [1.165, 1.54) is 17.0 Å². The lowest BCUT2D eigenvalue weighted by molar-refractivity contribution is -0.136. The van der Waals surface area contributed by atoms with E-state index in [4.69, 9.17) is 4.52 Å². The lowest BCUT2D eigenvalue weighted by Crippen LogP contribution is -2.63. The molecule has 5 aliphatic rings. The summed E-state index contributed by atoms with van der Waals surface area (Å²) >= 11 is 0. The molecule has 3 aliphatic heterocycles. The number of halogens is 1. The first-order valence-corrected chi connectivity index (χ1v) is 19.1. The second-order valence-corrected chi connectivity index (χ2v) is 15.9. The number of amides is 3. The summed E-state index contributed by atoms with van der Waals surface area (Å²) in [4.78, 5) is 48.1. The Kier molecular flexibility index (Phi) is 8.46. The summed E-state index contributed by atoms with van der Waals surface area (Å²) in [6, 6.07) is 20.3. The molecule has 2 saturated heterocycles. The molecule has 3 amide bonds. The number of benzene rings is 3. The molecule has 4 aromatic rings. The normalized spacial score (nSPS) is 23.3. The smallest absolute Gasteiger partial charge is 0.255 e. The second kappa shape index (κ2) is 13.3. The number of hydrogen-bond acceptors (Lipinski definition) is 9. The topological polar surface area (TPSA) is 135 Å². The number of carbonyl (C=O) groups excluding carboxylic acids is 3. The zero-order chi connectivity index (χ0) is 38.2. The van der Waals surface area contributed by atoms with Crippen molar-refractivity contribution in [3.8, 4) is 17.2 Å². The maximum atomic E-state index is 15.2. The molecular weight excluding hydrogens is 698 g/mol. The minimum absolute atomic E-state index is 0.114. The minimum Gasteiger partial charge on any atom is -0.361 e. The Bertz CT molecular complexity index is 2290. The van der Waals surface area contributed by atoms with E-state index >= 15 is 4.39 Å². The molecule has 1 aromatic heterocycles. The van der Waals surface area contributed by atoms with E-state index in [0.717, 1.165) is 83.9 Å². The van der Waals surface area contributed by atoms with Gasteiger partial charge < -0.3 is 14.3 Å². The number of hydrogen-bond donors (Lipinski definition) is 1. The van der Waals surface area contributed by atoms with Crippen molar-refractivity contribution < 1.29 is 23.3 Å². The van der Waals surface area contributed by atoms with Crippen LogP contribution in [0.2, 0.25) is 0 Å². The number of nitriles is 1. The first-order chi connectivity index (χ1) is 26.5. The number of carbonyl (C=O) groups is 3. The summed E-state index contributed by atoms with van der Waals surface area (Å²) in [5.41, 5.74) is 8.04. The molecule has 0 bridgehead atoms. The third-order valence-corrected chi connectivity index (χ3v) is 12.4. The van der Waals surface area contributed by atoms with Crippen molar-refractivity contribution in [3.05, 3.63) is 94.1 Å². The molecule has 4 fully saturated rings. The van der Waals surface area contributed by atoms with Gasteiger partial charge in [-0.3, -0.25) is 29.6 Å². The van der Waals surface area contributed by atoms with Crippen LogP contribution in [0.3, 0.4) is 0 Å². The molecule has 280 valence electrons. The Hall–Kier alpha value is -5.67. The molecular formula is C43H42FN7O4. The molecule has 2 aliphatic carbocycles. The SMILES string of the molecule is Cc1ccc(-c2c(C)noc2C)cc1N(c1ccc(C2(C#N)CC2)cc1)C1CN(C2CC(C=Nc3cc4c(cc3F)CN(C3CCC(=O)NC3=O)C4=O)C2)C1. The van der Waals surface area contributed by atoms with Gasteiger partial charge >= 0.3 is 0 Å². The van der Waals surface area contributed by atoms with Crippen molar-refractivity contribution >= 4 is 41.0 Å². The Morgan fingerprint density at radius 3 is 2.49 bits per heavy atom. The second-order valence-electron chi connectivity index (χ2n) is 15.9. The van der Waals surface area contributed by atoms with E-state index in [2.05, 4.69) is 80.7 Å². The highest BCUT2D eigenvalue weighted by Gasteiger charge is 2.46. The molecule has 1 atom stereocenters. The summed E-state index contributed by atoms with van der Waals surface area (Å²) in [5.74, 6) is -0.709. The molecule has 9 rings (SSSR count). The van der Waals surface area contributed by atoms with Crippen LogP contribution in [0.5, 0.6) is 0 Å². The van der Waals surface area contributed by atoms with E-state index in [1.54, 1.807) is 6.21 Å². The molecule has 1 N–H and O–H groups in total. The first-order valence-electron chi connectivity index (χ1n) is 19.1. The van der Waals surface area contributed by atoms with Crippen molar-refractivity contribution in [1.82, 2.24) is 20.3 Å². The predicted octanol–water partition coefficient (Wildman–Crippen LogP) is 6.73. The fourth-order valence-corrected chi connectivity index (χ4v) is 8.86. The maximum Gasteiger partial charge on any atom is 0.255 e. The molecule has 4 heterocycles. The number of nitrogens with one attached hydrogen (secondary N) is 1. The van der Waals surface area contributed by atoms with E-state index in [0.29, 0.717) is 17.2 Å². The van der Waals surface area contributed by atoms with Gasteiger partial charge in [0, 0.05) is 60.8 Å². The van der Waals surface area contributed by atoms with Crippen LogP contribution < -0.4 is 10.2 Å². The predicted molar refractivity (Wildman–Crippen MR) is 204 cm³/mol. The molecule has 0 radical (unpaired) electrons. The van der Waals surface area contributed by atoms with Crippen molar-refractivity contribution in [2.24, 2.45) is 10.9 Å². The molecule has 55 heavy (non-hydrogen) atoms. The van der Waals surface area contributed by atoms with Crippen molar-refractivity contribution in [2.75, 3.05) is 18.0 Å². The zero-order valence-electron chi connectivity index (χ0n) is 31.1. The van der Waals surface area contributed by atoms with Crippen LogP contribution in [0.1, 0.15) is 77.0 Å². The number of anilines is 2. The number of fused-ring (bicyclic) bond motifs is 1. The van der Waals surface area contributed by atoms with E-state index in [1.807, 2.05) is 13.8 Å². The van der Waals surface area contributed by atoms with Gasteiger partial charge in [-0.25, -0.2) is 4.39 Å². The van der Waals surface area contributed by atoms with Crippen LogP contribution in [0.4, 0.5) is 21.5 Å². The molecule has 0 spiro atoms. The van der Waals surface area contributed by atoms with Crippen LogP contribution in [-0.4, -0.2) is 70.1 Å². The molecule has 2 saturated carbocycles. The van der Waals surface area contributed by atoms with Crippen molar-refractivity contribution in [3.63, 3.8) is 0 Å². The molecule has 1 unspecified atom stereocenters. The van der Waals surface area contributed by atoms with Crippen LogP contribution in [0.25, 0.3) is 11.1 Å². The van der Waals surface area contributed by atoms with Crippen LogP contribution in [0, 0.1) is 43.8 Å². The lowest BCUT2D eigenvalue weighted by Gasteiger charge is -2.53. The standard InChI is InChI=1S/C43H42FN7O4/c1-24-4-5-28(40-25(2)48-55-26(40)3)17-38(24)51(31-8-6-30(7-9-31)43(23-45)12-13-43)33-21-49(22-33)32-14-27(15-32)19-46-36-18-34-29(16-35(36)44)20-50(42(34)54)37-10-11-39(52)47-41(37)53/h4-9,16-19,27,32-33,37H,10-15,20-22H2,1-3H3,(H,47,52,53). The molecule has 11 nitrogen and oxygen atoms in total. The van der Waals surface area contributed by atoms with Crippen LogP contribution in [0.15, 0.2) is 64.1 Å². The average Bonchev–Trinajstić information content (AvgIpc) is 3.78. The Balaban J connectivity index is 0.880. The van der Waals surface area contributed by atoms with E-state index < -0.39 is 17.8 Å². The Labute approximate surface area is 318 Å². The Morgan fingerprint density at radius 1 is 1.05 bits per heavy atom. The quantitative estimate of drug-likeness (QED) is 0.148. The summed E-state index contributed by atoms with van der Waals surface area (Å²) in [5, 5.41) is 16.3. The van der Waals surface area contributed by atoms with Crippen molar-refractivity contribution in [1.29, 1.82) is 5.26 Å². The van der Waals surface area contributed by atoms with E-state index in [9.17, 15) is 19.6 Å². The van der Waals surface area contributed by atoms with Gasteiger partial charge in [0.05, 0.1) is 28.9 Å². The fourth-order valence-electron chi connectivity index (χ4n) is 8.86. The van der Waals surface area contributed by atoms with Crippen molar-refractivity contribution in [2.45, 2.75) is 89.4 Å². The third kappa shape index (κ3) is 6.11. The molecule has 3 aromatic carbocycles. The number of piperidine rings is 1. The zero-order valence-corrected chi connectivity index (χ0v) is 31.1. The van der Waals surface area contributed by atoms with Gasteiger partial charge in [-0.05, 0) is 111 Å². The van der Waals surface area contributed by atoms with Gasteiger partial charge in [0.25, 0.3) is 5.91 Å². The van der Waals surface area contributed by atoms with Gasteiger partial charge in [-0.1, -0.05) is 29.4 Å². The molecule has 12 heteroatoms. The number of aromatic nitrogens is 1. The van der Waals surface area contributed by atoms with Gasteiger partial charge in [-0.2, -0.15) is 5.26 Å². The number of imide groups is 1. The van der Waals surface area contributed by atoms with Gasteiger partial charge in [0.1, 0.15) is 17.6 Å². The number of aryl methyl sites for hydroxylation is 3. The maximum absolute atomic E-state index is 15.2. The highest BCUT2D eigenvalue weighted by molar-refractivity contribution is 6.05. The summed E-state index contributed by atoms with van der Waals surface area (Å²) < 4.78 is 20.7.